The van der Waals surface area contributed by atoms with E-state index < -0.39 is 5.56 Å². The molecule has 0 aliphatic carbocycles. The highest BCUT2D eigenvalue weighted by Crippen LogP contribution is 2.26. The molecule has 0 spiro atoms. The van der Waals surface area contributed by atoms with E-state index >= 15 is 0 Å². The predicted octanol–water partition coefficient (Wildman–Crippen LogP) is 4.46. The van der Waals surface area contributed by atoms with Crippen molar-refractivity contribution in [3.63, 3.8) is 0 Å². The Balaban J connectivity index is 1.46. The normalized spacial score (nSPS) is 11.5. The highest BCUT2D eigenvalue weighted by atomic mass is 35.5. The van der Waals surface area contributed by atoms with Crippen LogP contribution in [-0.2, 0) is 19.5 Å². The topological polar surface area (TPSA) is 112 Å². The molecule has 3 heterocycles. The van der Waals surface area contributed by atoms with Gasteiger partial charge in [0.25, 0.3) is 11.4 Å². The maximum Gasteiger partial charge on any atom is 0.332 e. The maximum absolute atomic E-state index is 13.0. The lowest BCUT2D eigenvalue weighted by molar-refractivity contribution is 0.420. The quantitative estimate of drug-likeness (QED) is 0.259. The largest absolute Gasteiger partial charge is 0.334 e. The van der Waals surface area contributed by atoms with Gasteiger partial charge in [-0.05, 0) is 43.0 Å². The SMILES string of the molecule is CCCCCn1c(=O)n(CCCCc2noc(-c3ccccc3Cl)n2)c(=O)c2[nH]c(Cl)nc21. The van der Waals surface area contributed by atoms with Crippen LogP contribution in [0.15, 0.2) is 38.4 Å². The number of aromatic amines is 1. The number of imidazole rings is 1. The molecular formula is C22H24Cl2N6O3. The summed E-state index contributed by atoms with van der Waals surface area (Å²) in [4.78, 5) is 37.2. The molecule has 3 aromatic heterocycles. The molecule has 4 rings (SSSR count). The predicted molar refractivity (Wildman–Crippen MR) is 127 cm³/mol. The standard InChI is InChI=1S/C22H24Cl2N6O3/c1-2-3-7-12-29-18-17(26-21(24)27-18)20(31)30(22(29)32)13-8-6-11-16-25-19(33-28-16)14-9-4-5-10-15(14)23/h4-5,9-10H,2-3,6-8,11-13H2,1H3,(H,26,27). The van der Waals surface area contributed by atoms with E-state index in [1.54, 1.807) is 6.07 Å². The van der Waals surface area contributed by atoms with Gasteiger partial charge in [-0.1, -0.05) is 48.7 Å². The molecule has 0 aliphatic rings. The van der Waals surface area contributed by atoms with Crippen LogP contribution in [0.3, 0.4) is 0 Å². The third kappa shape index (κ3) is 5.04. The second-order valence-electron chi connectivity index (χ2n) is 7.78. The van der Waals surface area contributed by atoms with Gasteiger partial charge in [-0.15, -0.1) is 0 Å². The van der Waals surface area contributed by atoms with Crippen molar-refractivity contribution in [1.29, 1.82) is 0 Å². The van der Waals surface area contributed by atoms with Crippen molar-refractivity contribution in [3.8, 4) is 11.5 Å². The van der Waals surface area contributed by atoms with Crippen LogP contribution in [0.25, 0.3) is 22.6 Å². The van der Waals surface area contributed by atoms with Gasteiger partial charge in [-0.3, -0.25) is 13.9 Å². The molecule has 0 aliphatic heterocycles. The molecule has 0 saturated carbocycles. The Morgan fingerprint density at radius 3 is 2.55 bits per heavy atom. The highest BCUT2D eigenvalue weighted by molar-refractivity contribution is 6.33. The van der Waals surface area contributed by atoms with E-state index in [0.717, 1.165) is 19.3 Å². The number of H-pyrrole nitrogens is 1. The van der Waals surface area contributed by atoms with E-state index in [1.165, 1.54) is 9.13 Å². The average molecular weight is 491 g/mol. The van der Waals surface area contributed by atoms with Gasteiger partial charge in [0.1, 0.15) is 0 Å². The second kappa shape index (κ2) is 10.4. The van der Waals surface area contributed by atoms with Crippen molar-refractivity contribution < 1.29 is 4.52 Å². The number of nitrogens with one attached hydrogen (secondary N) is 1. The first kappa shape index (κ1) is 23.3. The van der Waals surface area contributed by atoms with Crippen molar-refractivity contribution in [2.45, 2.75) is 58.5 Å². The molecule has 0 atom stereocenters. The molecule has 33 heavy (non-hydrogen) atoms. The number of aryl methyl sites for hydroxylation is 2. The van der Waals surface area contributed by atoms with Crippen LogP contribution in [0.1, 0.15) is 44.9 Å². The fraction of sp³-hybridized carbons (Fsp3) is 0.409. The zero-order chi connectivity index (χ0) is 23.4. The number of fused-ring (bicyclic) bond motifs is 1. The number of halogens is 2. The van der Waals surface area contributed by atoms with Gasteiger partial charge >= 0.3 is 5.69 Å². The summed E-state index contributed by atoms with van der Waals surface area (Å²) in [6, 6.07) is 7.26. The Kier molecular flexibility index (Phi) is 7.29. The van der Waals surface area contributed by atoms with Crippen molar-refractivity contribution in [3.05, 3.63) is 61.2 Å². The molecule has 0 amide bonds. The Labute approximate surface area is 199 Å². The summed E-state index contributed by atoms with van der Waals surface area (Å²) in [6.45, 7) is 2.84. The van der Waals surface area contributed by atoms with Crippen molar-refractivity contribution in [2.75, 3.05) is 0 Å². The molecule has 174 valence electrons. The molecule has 0 fully saturated rings. The molecule has 0 bridgehead atoms. The van der Waals surface area contributed by atoms with Crippen LogP contribution in [0.4, 0.5) is 0 Å². The Morgan fingerprint density at radius 1 is 1.00 bits per heavy atom. The summed E-state index contributed by atoms with van der Waals surface area (Å²) >= 11 is 12.2. The van der Waals surface area contributed by atoms with E-state index in [1.807, 2.05) is 18.2 Å². The number of nitrogens with zero attached hydrogens (tertiary/aromatic N) is 5. The first-order valence-corrected chi connectivity index (χ1v) is 11.7. The molecule has 1 N–H and O–H groups in total. The fourth-order valence-electron chi connectivity index (χ4n) is 3.71. The minimum atomic E-state index is -0.415. The monoisotopic (exact) mass is 490 g/mol. The van der Waals surface area contributed by atoms with E-state index in [2.05, 4.69) is 27.0 Å². The second-order valence-corrected chi connectivity index (χ2v) is 8.54. The van der Waals surface area contributed by atoms with Crippen LogP contribution in [0.2, 0.25) is 10.3 Å². The summed E-state index contributed by atoms with van der Waals surface area (Å²) in [7, 11) is 0. The number of unbranched alkanes of at least 4 members (excludes halogenated alkanes) is 3. The third-order valence-corrected chi connectivity index (χ3v) is 5.93. The molecule has 0 unspecified atom stereocenters. The minimum absolute atomic E-state index is 0.0925. The van der Waals surface area contributed by atoms with E-state index in [0.29, 0.717) is 53.8 Å². The lowest BCUT2D eigenvalue weighted by Gasteiger charge is -2.11. The van der Waals surface area contributed by atoms with E-state index in [4.69, 9.17) is 27.7 Å². The van der Waals surface area contributed by atoms with Gasteiger partial charge in [0.2, 0.25) is 5.28 Å². The molecular weight excluding hydrogens is 467 g/mol. The van der Waals surface area contributed by atoms with Crippen molar-refractivity contribution >= 4 is 34.4 Å². The van der Waals surface area contributed by atoms with Gasteiger partial charge in [0.05, 0.1) is 10.6 Å². The van der Waals surface area contributed by atoms with Crippen LogP contribution < -0.4 is 11.2 Å². The number of hydrogen-bond donors (Lipinski definition) is 1. The first-order valence-electron chi connectivity index (χ1n) is 11.0. The van der Waals surface area contributed by atoms with Crippen LogP contribution in [-0.4, -0.2) is 29.2 Å². The van der Waals surface area contributed by atoms with Gasteiger partial charge in [0, 0.05) is 19.5 Å². The third-order valence-electron chi connectivity index (χ3n) is 5.42. The van der Waals surface area contributed by atoms with Gasteiger partial charge in [0.15, 0.2) is 17.0 Å². The number of rotatable bonds is 10. The Morgan fingerprint density at radius 2 is 1.76 bits per heavy atom. The number of benzene rings is 1. The average Bonchev–Trinajstić information content (AvgIpc) is 3.42. The maximum atomic E-state index is 13.0. The summed E-state index contributed by atoms with van der Waals surface area (Å²) < 4.78 is 8.10. The minimum Gasteiger partial charge on any atom is -0.334 e. The summed E-state index contributed by atoms with van der Waals surface area (Å²) in [5, 5.41) is 4.64. The summed E-state index contributed by atoms with van der Waals surface area (Å²) in [6.07, 6.45) is 4.63. The van der Waals surface area contributed by atoms with Crippen LogP contribution in [0, 0.1) is 0 Å². The number of aromatic nitrogens is 6. The molecule has 0 radical (unpaired) electrons. The van der Waals surface area contributed by atoms with Gasteiger partial charge < -0.3 is 9.51 Å². The van der Waals surface area contributed by atoms with Crippen molar-refractivity contribution in [1.82, 2.24) is 29.2 Å². The molecule has 11 heteroatoms. The molecule has 1 aromatic carbocycles. The highest BCUT2D eigenvalue weighted by Gasteiger charge is 2.17. The lowest BCUT2D eigenvalue weighted by atomic mass is 10.2. The fourth-order valence-corrected chi connectivity index (χ4v) is 4.10. The van der Waals surface area contributed by atoms with Crippen LogP contribution in [0.5, 0.6) is 0 Å². The lowest BCUT2D eigenvalue weighted by Crippen LogP contribution is -2.40. The summed E-state index contributed by atoms with van der Waals surface area (Å²) in [5.74, 6) is 0.911. The number of hydrogen-bond acceptors (Lipinski definition) is 6. The Hall–Kier alpha value is -2.91. The van der Waals surface area contributed by atoms with Crippen molar-refractivity contribution in [2.24, 2.45) is 0 Å². The molecule has 0 saturated heterocycles. The summed E-state index contributed by atoms with van der Waals surface area (Å²) in [5.41, 5.74) is 0.452. The van der Waals surface area contributed by atoms with E-state index in [9.17, 15) is 9.59 Å². The Bertz CT molecular complexity index is 1370. The van der Waals surface area contributed by atoms with E-state index in [-0.39, 0.29) is 23.0 Å². The van der Waals surface area contributed by atoms with Gasteiger partial charge in [-0.2, -0.15) is 9.97 Å². The first-order chi connectivity index (χ1) is 16.0. The smallest absolute Gasteiger partial charge is 0.332 e. The molecule has 4 aromatic rings. The zero-order valence-corrected chi connectivity index (χ0v) is 19.7. The van der Waals surface area contributed by atoms with Gasteiger partial charge in [-0.25, -0.2) is 4.79 Å². The zero-order valence-electron chi connectivity index (χ0n) is 18.2. The van der Waals surface area contributed by atoms with Crippen LogP contribution >= 0.6 is 23.2 Å². The molecule has 9 nitrogen and oxygen atoms in total.